The molecule has 0 saturated heterocycles. The van der Waals surface area contributed by atoms with E-state index in [1.165, 1.54) is 12.8 Å². The molecular formula is C9H14N2OS. The maximum atomic E-state index is 11.4. The lowest BCUT2D eigenvalue weighted by atomic mass is 10.2. The number of nitrogens with zero attached hydrogens (tertiary/aromatic N) is 1. The minimum Gasteiger partial charge on any atom is -0.313 e. The summed E-state index contributed by atoms with van der Waals surface area (Å²) in [5.41, 5.74) is 0.0333. The number of rotatable bonds is 2. The lowest BCUT2D eigenvalue weighted by molar-refractivity contribution is 0.513. The lowest BCUT2D eigenvalue weighted by Crippen LogP contribution is -2.25. The molecule has 1 N–H and O–H groups in total. The number of thioether (sulfide) groups is 1. The van der Waals surface area contributed by atoms with Crippen molar-refractivity contribution in [3.8, 4) is 0 Å². The molecule has 2 unspecified atom stereocenters. The molecule has 0 radical (unpaired) electrons. The molecular weight excluding hydrogens is 184 g/mol. The van der Waals surface area contributed by atoms with Crippen molar-refractivity contribution in [1.82, 2.24) is 9.55 Å². The van der Waals surface area contributed by atoms with Gasteiger partial charge in [0, 0.05) is 17.6 Å². The summed E-state index contributed by atoms with van der Waals surface area (Å²) in [5, 5.41) is 0.619. The summed E-state index contributed by atoms with van der Waals surface area (Å²) in [6, 6.07) is 0.411. The molecule has 0 aliphatic heterocycles. The Hall–Kier alpha value is -0.640. The van der Waals surface area contributed by atoms with Gasteiger partial charge in [0.05, 0.1) is 6.04 Å². The summed E-state index contributed by atoms with van der Waals surface area (Å²) in [6.45, 7) is 0. The third-order valence-electron chi connectivity index (χ3n) is 2.75. The molecule has 0 spiro atoms. The first kappa shape index (κ1) is 8.94. The summed E-state index contributed by atoms with van der Waals surface area (Å²) >= 11 is 1.87. The number of aromatic amines is 1. The van der Waals surface area contributed by atoms with Crippen LogP contribution in [0.2, 0.25) is 0 Å². The van der Waals surface area contributed by atoms with Crippen molar-refractivity contribution in [1.29, 1.82) is 0 Å². The van der Waals surface area contributed by atoms with Crippen LogP contribution in [0.3, 0.4) is 0 Å². The number of imidazole rings is 1. The molecule has 2 atom stereocenters. The van der Waals surface area contributed by atoms with E-state index in [4.69, 9.17) is 0 Å². The summed E-state index contributed by atoms with van der Waals surface area (Å²) in [7, 11) is 0. The zero-order valence-corrected chi connectivity index (χ0v) is 8.51. The second kappa shape index (κ2) is 3.62. The van der Waals surface area contributed by atoms with Gasteiger partial charge in [-0.1, -0.05) is 6.42 Å². The third kappa shape index (κ3) is 1.55. The summed E-state index contributed by atoms with van der Waals surface area (Å²) in [4.78, 5) is 14.1. The monoisotopic (exact) mass is 198 g/mol. The topological polar surface area (TPSA) is 37.8 Å². The van der Waals surface area contributed by atoms with Crippen LogP contribution >= 0.6 is 11.8 Å². The fourth-order valence-electron chi connectivity index (χ4n) is 2.09. The van der Waals surface area contributed by atoms with Crippen molar-refractivity contribution in [2.75, 3.05) is 6.26 Å². The normalized spacial score (nSPS) is 28.1. The van der Waals surface area contributed by atoms with Gasteiger partial charge in [-0.3, -0.25) is 4.57 Å². The fraction of sp³-hybridized carbons (Fsp3) is 0.667. The van der Waals surface area contributed by atoms with Crippen molar-refractivity contribution >= 4 is 11.8 Å². The Balaban J connectivity index is 2.26. The van der Waals surface area contributed by atoms with E-state index in [0.29, 0.717) is 11.3 Å². The predicted octanol–water partition coefficient (Wildman–Crippen LogP) is 1.63. The maximum Gasteiger partial charge on any atom is 0.325 e. The van der Waals surface area contributed by atoms with Gasteiger partial charge < -0.3 is 4.98 Å². The largest absolute Gasteiger partial charge is 0.325 e. The molecule has 4 heteroatoms. The summed E-state index contributed by atoms with van der Waals surface area (Å²) in [5.74, 6) is 0. The third-order valence-corrected chi connectivity index (χ3v) is 3.91. The van der Waals surface area contributed by atoms with E-state index in [9.17, 15) is 4.79 Å². The van der Waals surface area contributed by atoms with Gasteiger partial charge in [-0.25, -0.2) is 4.79 Å². The molecule has 1 aliphatic carbocycles. The molecule has 1 aliphatic rings. The molecule has 72 valence electrons. The number of hydrogen-bond donors (Lipinski definition) is 1. The molecule has 1 fully saturated rings. The van der Waals surface area contributed by atoms with Gasteiger partial charge in [0.15, 0.2) is 0 Å². The van der Waals surface area contributed by atoms with Crippen molar-refractivity contribution in [2.45, 2.75) is 30.6 Å². The number of H-pyrrole nitrogens is 1. The van der Waals surface area contributed by atoms with Gasteiger partial charge in [-0.15, -0.1) is 0 Å². The molecule has 0 amide bonds. The van der Waals surface area contributed by atoms with Gasteiger partial charge in [-0.05, 0) is 19.1 Å². The quantitative estimate of drug-likeness (QED) is 0.784. The Labute approximate surface area is 81.5 Å². The second-order valence-corrected chi connectivity index (χ2v) is 4.52. The number of aromatic nitrogens is 2. The highest BCUT2D eigenvalue weighted by molar-refractivity contribution is 7.99. The van der Waals surface area contributed by atoms with E-state index in [0.717, 1.165) is 6.42 Å². The van der Waals surface area contributed by atoms with Crippen LogP contribution in [0.5, 0.6) is 0 Å². The van der Waals surface area contributed by atoms with Crippen molar-refractivity contribution in [2.24, 2.45) is 0 Å². The van der Waals surface area contributed by atoms with Crippen LogP contribution in [-0.2, 0) is 0 Å². The van der Waals surface area contributed by atoms with Crippen LogP contribution in [-0.4, -0.2) is 21.1 Å². The zero-order valence-electron chi connectivity index (χ0n) is 7.69. The summed E-state index contributed by atoms with van der Waals surface area (Å²) < 4.78 is 1.84. The first-order valence-corrected chi connectivity index (χ1v) is 5.90. The molecule has 13 heavy (non-hydrogen) atoms. The van der Waals surface area contributed by atoms with Crippen LogP contribution in [0.15, 0.2) is 17.2 Å². The predicted molar refractivity (Wildman–Crippen MR) is 55.2 cm³/mol. The fourth-order valence-corrected chi connectivity index (χ4v) is 3.08. The number of nitrogens with one attached hydrogen (secondary N) is 1. The van der Waals surface area contributed by atoms with E-state index >= 15 is 0 Å². The standard InChI is InChI=1S/C9H14N2OS/c1-13-8-4-2-3-7(8)11-6-5-10-9(11)12/h5-8H,2-4H2,1H3,(H,10,12). The molecule has 3 nitrogen and oxygen atoms in total. The molecule has 1 aromatic heterocycles. The molecule has 0 bridgehead atoms. The minimum atomic E-state index is 0.0333. The van der Waals surface area contributed by atoms with E-state index in [1.807, 2.05) is 22.5 Å². The molecule has 1 aromatic rings. The van der Waals surface area contributed by atoms with Gasteiger partial charge in [-0.2, -0.15) is 11.8 Å². The van der Waals surface area contributed by atoms with Crippen molar-refractivity contribution < 1.29 is 0 Å². The smallest absolute Gasteiger partial charge is 0.313 e. The first-order chi connectivity index (χ1) is 6.33. The van der Waals surface area contributed by atoms with E-state index in [-0.39, 0.29) is 5.69 Å². The minimum absolute atomic E-state index is 0.0333. The van der Waals surface area contributed by atoms with Crippen LogP contribution in [0.25, 0.3) is 0 Å². The van der Waals surface area contributed by atoms with E-state index in [2.05, 4.69) is 11.2 Å². The Kier molecular flexibility index (Phi) is 2.49. The van der Waals surface area contributed by atoms with Crippen molar-refractivity contribution in [3.05, 3.63) is 22.9 Å². The summed E-state index contributed by atoms with van der Waals surface area (Å²) in [6.07, 6.45) is 9.33. The SMILES string of the molecule is CSC1CCCC1n1cc[nH]c1=O. The zero-order chi connectivity index (χ0) is 9.26. The van der Waals surface area contributed by atoms with Crippen LogP contribution in [0, 0.1) is 0 Å². The Morgan fingerprint density at radius 2 is 2.46 bits per heavy atom. The van der Waals surface area contributed by atoms with Gasteiger partial charge in [0.25, 0.3) is 0 Å². The Morgan fingerprint density at radius 1 is 1.62 bits per heavy atom. The maximum absolute atomic E-state index is 11.4. The highest BCUT2D eigenvalue weighted by Gasteiger charge is 2.28. The first-order valence-electron chi connectivity index (χ1n) is 4.61. The van der Waals surface area contributed by atoms with Crippen LogP contribution in [0.1, 0.15) is 25.3 Å². The van der Waals surface area contributed by atoms with Gasteiger partial charge in [0.1, 0.15) is 0 Å². The highest BCUT2D eigenvalue weighted by Crippen LogP contribution is 2.36. The average molecular weight is 198 g/mol. The van der Waals surface area contributed by atoms with Gasteiger partial charge in [0.2, 0.25) is 0 Å². The lowest BCUT2D eigenvalue weighted by Gasteiger charge is -2.17. The van der Waals surface area contributed by atoms with E-state index < -0.39 is 0 Å². The molecule has 2 rings (SSSR count). The van der Waals surface area contributed by atoms with Crippen LogP contribution in [0.4, 0.5) is 0 Å². The average Bonchev–Trinajstić information content (AvgIpc) is 2.71. The van der Waals surface area contributed by atoms with E-state index in [1.54, 1.807) is 6.20 Å². The van der Waals surface area contributed by atoms with Crippen LogP contribution < -0.4 is 5.69 Å². The molecule has 1 heterocycles. The highest BCUT2D eigenvalue weighted by atomic mass is 32.2. The molecule has 1 saturated carbocycles. The Bertz CT molecular complexity index is 330. The number of hydrogen-bond acceptors (Lipinski definition) is 2. The second-order valence-electron chi connectivity index (χ2n) is 3.44. The molecule has 0 aromatic carbocycles. The van der Waals surface area contributed by atoms with Crippen molar-refractivity contribution in [3.63, 3.8) is 0 Å². The van der Waals surface area contributed by atoms with Gasteiger partial charge >= 0.3 is 5.69 Å². The Morgan fingerprint density at radius 3 is 3.08 bits per heavy atom.